The summed E-state index contributed by atoms with van der Waals surface area (Å²) >= 11 is 0.896. The van der Waals surface area contributed by atoms with Crippen LogP contribution in [-0.2, 0) is 4.79 Å². The van der Waals surface area contributed by atoms with Crippen LogP contribution in [0.25, 0.3) is 6.08 Å². The largest absolute Gasteiger partial charge is 0.490 e. The fourth-order valence-corrected chi connectivity index (χ4v) is 3.25. The average molecular weight is 369 g/mol. The maximum Gasteiger partial charge on any atom is 0.290 e. The zero-order valence-electron chi connectivity index (χ0n) is 13.6. The monoisotopic (exact) mass is 369 g/mol. The van der Waals surface area contributed by atoms with Crippen molar-refractivity contribution in [2.45, 2.75) is 6.10 Å². The lowest BCUT2D eigenvalue weighted by molar-refractivity contribution is -0.115. The van der Waals surface area contributed by atoms with E-state index in [0.29, 0.717) is 23.9 Å². The number of nitrogens with one attached hydrogen (secondary N) is 1. The Hall–Kier alpha value is -2.93. The van der Waals surface area contributed by atoms with Gasteiger partial charge in [-0.05, 0) is 47.7 Å². The molecule has 1 N–H and O–H groups in total. The van der Waals surface area contributed by atoms with Crippen LogP contribution in [0.1, 0.15) is 5.56 Å². The van der Waals surface area contributed by atoms with Crippen molar-refractivity contribution in [1.82, 2.24) is 5.32 Å². The smallest absolute Gasteiger partial charge is 0.290 e. The molecule has 2 aromatic rings. The van der Waals surface area contributed by atoms with E-state index < -0.39 is 0 Å². The summed E-state index contributed by atoms with van der Waals surface area (Å²) in [6.45, 7) is 0.795. The number of fused-ring (bicyclic) bond motifs is 1. The molecule has 7 heteroatoms. The number of thioether (sulfide) groups is 1. The van der Waals surface area contributed by atoms with Gasteiger partial charge in [-0.25, -0.2) is 0 Å². The lowest BCUT2D eigenvalue weighted by Gasteiger charge is -2.26. The van der Waals surface area contributed by atoms with Gasteiger partial charge >= 0.3 is 0 Å². The normalized spacial score (nSPS) is 20.2. The first-order chi connectivity index (χ1) is 12.7. The number of hydrogen-bond acceptors (Lipinski definition) is 6. The summed E-state index contributed by atoms with van der Waals surface area (Å²) in [6.07, 6.45) is 1.49. The molecule has 0 aromatic heterocycles. The number of benzene rings is 2. The quantitative estimate of drug-likeness (QED) is 0.834. The summed E-state index contributed by atoms with van der Waals surface area (Å²) in [7, 11) is 0. The van der Waals surface area contributed by atoms with Gasteiger partial charge in [-0.1, -0.05) is 24.3 Å². The van der Waals surface area contributed by atoms with Crippen LogP contribution < -0.4 is 19.5 Å². The second-order valence-corrected chi connectivity index (χ2v) is 6.74. The van der Waals surface area contributed by atoms with Crippen molar-refractivity contribution in [2.24, 2.45) is 0 Å². The van der Waals surface area contributed by atoms with E-state index >= 15 is 0 Å². The van der Waals surface area contributed by atoms with Crippen LogP contribution in [0.2, 0.25) is 0 Å². The lowest BCUT2D eigenvalue weighted by atomic mass is 10.2. The van der Waals surface area contributed by atoms with Gasteiger partial charge in [0.15, 0.2) is 17.6 Å². The summed E-state index contributed by atoms with van der Waals surface area (Å²) in [5.41, 5.74) is 0.816. The van der Waals surface area contributed by atoms with Crippen LogP contribution in [0, 0.1) is 0 Å². The van der Waals surface area contributed by atoms with E-state index in [-0.39, 0.29) is 17.3 Å². The van der Waals surface area contributed by atoms with Gasteiger partial charge in [0, 0.05) is 0 Å². The molecule has 0 radical (unpaired) electrons. The molecule has 1 unspecified atom stereocenters. The first-order valence-corrected chi connectivity index (χ1v) is 8.85. The Labute approximate surface area is 154 Å². The summed E-state index contributed by atoms with van der Waals surface area (Å²) < 4.78 is 17.3. The molecule has 0 spiro atoms. The van der Waals surface area contributed by atoms with Crippen LogP contribution in [0.3, 0.4) is 0 Å². The molecule has 26 heavy (non-hydrogen) atoms. The number of para-hydroxylation sites is 2. The number of carbonyl (C=O) groups is 2. The molecule has 6 nitrogen and oxygen atoms in total. The highest BCUT2D eigenvalue weighted by Gasteiger charge is 2.25. The zero-order valence-corrected chi connectivity index (χ0v) is 14.5. The Morgan fingerprint density at radius 1 is 1.12 bits per heavy atom. The van der Waals surface area contributed by atoms with Crippen LogP contribution in [0.4, 0.5) is 4.79 Å². The molecule has 1 atom stereocenters. The van der Waals surface area contributed by atoms with Crippen molar-refractivity contribution >= 4 is 29.0 Å². The lowest BCUT2D eigenvalue weighted by Crippen LogP contribution is -2.34. The van der Waals surface area contributed by atoms with E-state index in [0.717, 1.165) is 28.8 Å². The molecule has 2 aliphatic heterocycles. The summed E-state index contributed by atoms with van der Waals surface area (Å²) in [6, 6.07) is 14.8. The number of amides is 2. The van der Waals surface area contributed by atoms with Gasteiger partial charge in [-0.3, -0.25) is 14.9 Å². The predicted molar refractivity (Wildman–Crippen MR) is 97.4 cm³/mol. The van der Waals surface area contributed by atoms with Gasteiger partial charge in [0.25, 0.3) is 11.1 Å². The van der Waals surface area contributed by atoms with Crippen molar-refractivity contribution in [2.75, 3.05) is 13.2 Å². The third-order valence-corrected chi connectivity index (χ3v) is 4.63. The average Bonchev–Trinajstić information content (AvgIpc) is 2.98. The van der Waals surface area contributed by atoms with Gasteiger partial charge in [0.05, 0.1) is 4.91 Å². The molecule has 0 bridgehead atoms. The Kier molecular flexibility index (Phi) is 4.53. The molecule has 4 rings (SSSR count). The van der Waals surface area contributed by atoms with Crippen LogP contribution in [-0.4, -0.2) is 30.5 Å². The molecular formula is C19H15NO5S. The van der Waals surface area contributed by atoms with Gasteiger partial charge in [0.1, 0.15) is 19.0 Å². The van der Waals surface area contributed by atoms with Crippen molar-refractivity contribution in [1.29, 1.82) is 0 Å². The van der Waals surface area contributed by atoms with Gasteiger partial charge in [0.2, 0.25) is 0 Å². The Bertz CT molecular complexity index is 878. The number of hydrogen-bond donors (Lipinski definition) is 1. The van der Waals surface area contributed by atoms with Crippen molar-refractivity contribution in [3.8, 4) is 17.2 Å². The highest BCUT2D eigenvalue weighted by atomic mass is 32.2. The highest BCUT2D eigenvalue weighted by molar-refractivity contribution is 8.18. The summed E-state index contributed by atoms with van der Waals surface area (Å²) in [5, 5.41) is 1.88. The molecule has 0 aliphatic carbocycles. The fourth-order valence-electron chi connectivity index (χ4n) is 2.57. The van der Waals surface area contributed by atoms with E-state index in [9.17, 15) is 9.59 Å². The van der Waals surface area contributed by atoms with Crippen molar-refractivity contribution in [3.63, 3.8) is 0 Å². The van der Waals surface area contributed by atoms with Gasteiger partial charge in [-0.2, -0.15) is 0 Å². The van der Waals surface area contributed by atoms with E-state index in [1.54, 1.807) is 6.08 Å². The fraction of sp³-hybridized carbons (Fsp3) is 0.158. The summed E-state index contributed by atoms with van der Waals surface area (Å²) in [5.74, 6) is 1.79. The molecule has 2 heterocycles. The maximum absolute atomic E-state index is 11.5. The Morgan fingerprint density at radius 3 is 2.62 bits per heavy atom. The SMILES string of the molecule is O=C1NC(=O)/C(=C/c2ccc(OCC3COc4ccccc4O3)cc2)S1. The molecule has 1 fully saturated rings. The topological polar surface area (TPSA) is 73.9 Å². The van der Waals surface area contributed by atoms with Crippen molar-refractivity contribution < 1.29 is 23.8 Å². The molecule has 1 saturated heterocycles. The van der Waals surface area contributed by atoms with E-state index in [4.69, 9.17) is 14.2 Å². The van der Waals surface area contributed by atoms with Gasteiger partial charge in [-0.15, -0.1) is 0 Å². The standard InChI is InChI=1S/C19H15NO5S/c21-18-17(26-19(22)20-18)9-12-5-7-13(8-6-12)23-10-14-11-24-15-3-1-2-4-16(15)25-14/h1-9,14H,10-11H2,(H,20,21,22)/b17-9-. The van der Waals surface area contributed by atoms with Crippen LogP contribution in [0.15, 0.2) is 53.4 Å². The number of ether oxygens (including phenoxy) is 3. The van der Waals surface area contributed by atoms with Crippen LogP contribution >= 0.6 is 11.8 Å². The predicted octanol–water partition coefficient (Wildman–Crippen LogP) is 3.23. The second kappa shape index (κ2) is 7.13. The molecule has 2 aliphatic rings. The highest BCUT2D eigenvalue weighted by Crippen LogP contribution is 2.31. The first-order valence-electron chi connectivity index (χ1n) is 8.03. The van der Waals surface area contributed by atoms with E-state index in [2.05, 4.69) is 5.32 Å². The maximum atomic E-state index is 11.5. The summed E-state index contributed by atoms with van der Waals surface area (Å²) in [4.78, 5) is 23.1. The van der Waals surface area contributed by atoms with E-state index in [1.807, 2.05) is 48.5 Å². The number of rotatable bonds is 4. The molecule has 0 saturated carbocycles. The third kappa shape index (κ3) is 3.67. The minimum Gasteiger partial charge on any atom is -0.490 e. The Balaban J connectivity index is 1.34. The number of carbonyl (C=O) groups excluding carboxylic acids is 2. The minimum absolute atomic E-state index is 0.184. The van der Waals surface area contributed by atoms with Crippen LogP contribution in [0.5, 0.6) is 17.2 Å². The van der Waals surface area contributed by atoms with Crippen molar-refractivity contribution in [3.05, 3.63) is 59.0 Å². The third-order valence-electron chi connectivity index (χ3n) is 3.82. The van der Waals surface area contributed by atoms with Gasteiger partial charge < -0.3 is 14.2 Å². The minimum atomic E-state index is -0.366. The number of imide groups is 1. The molecule has 2 amide bonds. The zero-order chi connectivity index (χ0) is 17.9. The molecule has 132 valence electrons. The second-order valence-electron chi connectivity index (χ2n) is 5.73. The molecular weight excluding hydrogens is 354 g/mol. The molecule has 2 aromatic carbocycles. The first kappa shape index (κ1) is 16.5. The van der Waals surface area contributed by atoms with E-state index in [1.165, 1.54) is 0 Å². The Morgan fingerprint density at radius 2 is 1.88 bits per heavy atom.